The molecule has 2 aromatic heterocycles. The van der Waals surface area contributed by atoms with Crippen LogP contribution < -0.4 is 4.90 Å². The van der Waals surface area contributed by atoms with Gasteiger partial charge in [-0.3, -0.25) is 4.68 Å². The molecule has 0 bridgehead atoms. The zero-order valence-corrected chi connectivity index (χ0v) is 24.2. The van der Waals surface area contributed by atoms with E-state index in [0.717, 1.165) is 0 Å². The summed E-state index contributed by atoms with van der Waals surface area (Å²) >= 11 is 0. The van der Waals surface area contributed by atoms with Gasteiger partial charge in [-0.2, -0.15) is 31.4 Å². The van der Waals surface area contributed by atoms with Crippen molar-refractivity contribution in [2.45, 2.75) is 63.8 Å². The summed E-state index contributed by atoms with van der Waals surface area (Å²) in [5.41, 5.74) is -2.59. The number of likely N-dealkylation sites (tertiary alicyclic amines) is 1. The second-order valence-corrected chi connectivity index (χ2v) is 11.3. The molecule has 3 heterocycles. The van der Waals surface area contributed by atoms with Crippen molar-refractivity contribution >= 4 is 12.0 Å². The molecule has 15 heteroatoms. The molecule has 1 aliphatic heterocycles. The molecule has 1 saturated heterocycles. The second-order valence-electron chi connectivity index (χ2n) is 11.3. The van der Waals surface area contributed by atoms with E-state index in [4.69, 9.17) is 9.47 Å². The Kier molecular flexibility index (Phi) is 8.95. The minimum Gasteiger partial charge on any atom is -0.444 e. The Bertz CT molecular complexity index is 1390. The van der Waals surface area contributed by atoms with Crippen LogP contribution in [0.2, 0.25) is 0 Å². The van der Waals surface area contributed by atoms with Crippen molar-refractivity contribution in [3.05, 3.63) is 59.7 Å². The predicted octanol–water partition coefficient (Wildman–Crippen LogP) is 5.95. The van der Waals surface area contributed by atoms with Crippen LogP contribution >= 0.6 is 0 Å². The zero-order chi connectivity index (χ0) is 31.7. The van der Waals surface area contributed by atoms with Gasteiger partial charge in [0, 0.05) is 57.0 Å². The number of carbonyl (C=O) groups excluding carboxylic acids is 1. The van der Waals surface area contributed by atoms with Gasteiger partial charge in [0.25, 0.3) is 0 Å². The fraction of sp³-hybridized carbons (Fsp3) is 0.500. The smallest absolute Gasteiger partial charge is 0.416 e. The molecule has 1 unspecified atom stereocenters. The van der Waals surface area contributed by atoms with Gasteiger partial charge in [-0.15, -0.1) is 0 Å². The molecule has 1 fully saturated rings. The van der Waals surface area contributed by atoms with Gasteiger partial charge in [0.15, 0.2) is 0 Å². The number of alkyl halides is 6. The second kappa shape index (κ2) is 12.0. The van der Waals surface area contributed by atoms with E-state index in [9.17, 15) is 31.1 Å². The summed E-state index contributed by atoms with van der Waals surface area (Å²) in [6.45, 7) is 4.90. The van der Waals surface area contributed by atoms with Crippen molar-refractivity contribution in [3.63, 3.8) is 0 Å². The van der Waals surface area contributed by atoms with Crippen LogP contribution in [0.1, 0.15) is 43.9 Å². The highest BCUT2D eigenvalue weighted by Gasteiger charge is 2.42. The van der Waals surface area contributed by atoms with Gasteiger partial charge in [-0.05, 0) is 51.0 Å². The topological polar surface area (TPSA) is 85.6 Å². The standard InChI is InChI=1S/C28H32F6N6O3/c1-26(2,3)43-25(41)40-15-22(9-23(40)16-42-5)39(24-35-10-18(11-36-24)19-12-37-38(4)14-19)13-17-6-20(27(29,30)31)8-21(7-17)28(32,33)34/h6-8,10-12,14,22-23H,9,13,15-16H2,1-5H3/t22-,23?/m0/s1. The van der Waals surface area contributed by atoms with Gasteiger partial charge in [-0.25, -0.2) is 14.8 Å². The van der Waals surface area contributed by atoms with Crippen molar-refractivity contribution in [1.82, 2.24) is 24.6 Å². The monoisotopic (exact) mass is 614 g/mol. The maximum Gasteiger partial charge on any atom is 0.416 e. The van der Waals surface area contributed by atoms with Crippen molar-refractivity contribution < 1.29 is 40.6 Å². The highest BCUT2D eigenvalue weighted by atomic mass is 19.4. The molecular weight excluding hydrogens is 582 g/mol. The van der Waals surface area contributed by atoms with E-state index in [0.29, 0.717) is 23.3 Å². The summed E-state index contributed by atoms with van der Waals surface area (Å²) in [5.74, 6) is 0.0609. The number of amides is 1. The maximum atomic E-state index is 13.6. The van der Waals surface area contributed by atoms with E-state index < -0.39 is 53.8 Å². The highest BCUT2D eigenvalue weighted by molar-refractivity contribution is 5.69. The number of carbonyl (C=O) groups is 1. The molecule has 4 rings (SSSR count). The van der Waals surface area contributed by atoms with Crippen LogP contribution in [0, 0.1) is 0 Å². The van der Waals surface area contributed by atoms with Crippen LogP contribution in [0.25, 0.3) is 11.1 Å². The lowest BCUT2D eigenvalue weighted by Crippen LogP contribution is -2.43. The predicted molar refractivity (Wildman–Crippen MR) is 144 cm³/mol. The van der Waals surface area contributed by atoms with Gasteiger partial charge in [0.1, 0.15) is 5.60 Å². The SMILES string of the molecule is COCC1C[C@H](N(Cc2cc(C(F)(F)F)cc(C(F)(F)F)c2)c2ncc(-c3cnn(C)c3)cn2)CN1C(=O)OC(C)(C)C. The number of ether oxygens (including phenoxy) is 2. The fourth-order valence-corrected chi connectivity index (χ4v) is 4.87. The van der Waals surface area contributed by atoms with Crippen LogP contribution in [0.4, 0.5) is 37.1 Å². The molecule has 0 spiro atoms. The Morgan fingerprint density at radius 2 is 1.58 bits per heavy atom. The summed E-state index contributed by atoms with van der Waals surface area (Å²) < 4.78 is 94.2. The van der Waals surface area contributed by atoms with Crippen LogP contribution in [0.5, 0.6) is 0 Å². The van der Waals surface area contributed by atoms with Gasteiger partial charge in [-0.1, -0.05) is 0 Å². The lowest BCUT2D eigenvalue weighted by molar-refractivity contribution is -0.143. The molecule has 234 valence electrons. The number of aryl methyl sites for hydroxylation is 1. The Balaban J connectivity index is 1.75. The van der Waals surface area contributed by atoms with E-state index in [1.54, 1.807) is 44.9 Å². The summed E-state index contributed by atoms with van der Waals surface area (Å²) in [6, 6.07) is 0.371. The molecular formula is C28H32F6N6O3. The number of halogens is 6. The first kappa shape index (κ1) is 32.0. The summed E-state index contributed by atoms with van der Waals surface area (Å²) in [6.07, 6.45) is -4.04. The van der Waals surface area contributed by atoms with Crippen LogP contribution in [0.15, 0.2) is 43.0 Å². The van der Waals surface area contributed by atoms with E-state index in [2.05, 4.69) is 15.1 Å². The molecule has 1 amide bonds. The molecule has 0 N–H and O–H groups in total. The molecule has 2 atom stereocenters. The number of benzene rings is 1. The quantitative estimate of drug-likeness (QED) is 0.305. The van der Waals surface area contributed by atoms with Crippen molar-refractivity contribution in [1.29, 1.82) is 0 Å². The third kappa shape index (κ3) is 7.94. The summed E-state index contributed by atoms with van der Waals surface area (Å²) in [5, 5.41) is 4.11. The van der Waals surface area contributed by atoms with Crippen molar-refractivity contribution in [3.8, 4) is 11.1 Å². The number of methoxy groups -OCH3 is 1. The first-order valence-corrected chi connectivity index (χ1v) is 13.3. The number of nitrogens with zero attached hydrogens (tertiary/aromatic N) is 6. The lowest BCUT2D eigenvalue weighted by Gasteiger charge is -2.30. The normalized spacial score (nSPS) is 17.8. The van der Waals surface area contributed by atoms with Crippen LogP contribution in [-0.4, -0.2) is 68.7 Å². The molecule has 3 aromatic rings. The summed E-state index contributed by atoms with van der Waals surface area (Å²) in [7, 11) is 3.19. The number of rotatable bonds is 7. The largest absolute Gasteiger partial charge is 0.444 e. The van der Waals surface area contributed by atoms with Gasteiger partial charge >= 0.3 is 18.4 Å². The van der Waals surface area contributed by atoms with E-state index in [1.165, 1.54) is 29.3 Å². The number of hydrogen-bond donors (Lipinski definition) is 0. The van der Waals surface area contributed by atoms with Crippen LogP contribution in [0.3, 0.4) is 0 Å². The number of hydrogen-bond acceptors (Lipinski definition) is 7. The van der Waals surface area contributed by atoms with E-state index >= 15 is 0 Å². The molecule has 0 radical (unpaired) electrons. The Morgan fingerprint density at radius 3 is 2.07 bits per heavy atom. The highest BCUT2D eigenvalue weighted by Crippen LogP contribution is 2.37. The van der Waals surface area contributed by atoms with E-state index in [-0.39, 0.29) is 37.2 Å². The summed E-state index contributed by atoms with van der Waals surface area (Å²) in [4.78, 5) is 24.9. The minimum atomic E-state index is -5.01. The fourth-order valence-electron chi connectivity index (χ4n) is 4.87. The Labute approximate surface area is 244 Å². The van der Waals surface area contributed by atoms with Crippen molar-refractivity contribution in [2.75, 3.05) is 25.2 Å². The Hall–Kier alpha value is -3.88. The molecule has 1 aliphatic rings. The van der Waals surface area contributed by atoms with E-state index in [1.807, 2.05) is 0 Å². The molecule has 1 aromatic carbocycles. The maximum absolute atomic E-state index is 13.6. The molecule has 0 aliphatic carbocycles. The molecule has 43 heavy (non-hydrogen) atoms. The molecule has 9 nitrogen and oxygen atoms in total. The first-order valence-electron chi connectivity index (χ1n) is 13.3. The lowest BCUT2D eigenvalue weighted by atomic mass is 10.0. The third-order valence-corrected chi connectivity index (χ3v) is 6.75. The minimum absolute atomic E-state index is 0.0434. The number of aromatic nitrogens is 4. The number of anilines is 1. The van der Waals surface area contributed by atoms with Gasteiger partial charge in [0.05, 0.1) is 36.0 Å². The van der Waals surface area contributed by atoms with Gasteiger partial charge in [0.2, 0.25) is 5.95 Å². The zero-order valence-electron chi connectivity index (χ0n) is 24.2. The average Bonchev–Trinajstić information content (AvgIpc) is 3.52. The molecule has 0 saturated carbocycles. The Morgan fingerprint density at radius 1 is 0.977 bits per heavy atom. The first-order chi connectivity index (χ1) is 19.9. The third-order valence-electron chi connectivity index (χ3n) is 6.75. The van der Waals surface area contributed by atoms with Crippen LogP contribution in [-0.2, 0) is 35.4 Å². The van der Waals surface area contributed by atoms with Gasteiger partial charge < -0.3 is 19.3 Å². The van der Waals surface area contributed by atoms with Crippen molar-refractivity contribution in [2.24, 2.45) is 7.05 Å². The average molecular weight is 615 g/mol.